The third-order valence-electron chi connectivity index (χ3n) is 1.92. The van der Waals surface area contributed by atoms with Crippen LogP contribution in [0.3, 0.4) is 0 Å². The van der Waals surface area contributed by atoms with Crippen LogP contribution >= 0.6 is 0 Å². The lowest BCUT2D eigenvalue weighted by atomic mass is 10.1. The minimum Gasteiger partial charge on any atom is -0.493 e. The summed E-state index contributed by atoms with van der Waals surface area (Å²) in [5.41, 5.74) is 1.37. The molecule has 0 aromatic heterocycles. The Morgan fingerprint density at radius 3 is 2.71 bits per heavy atom. The van der Waals surface area contributed by atoms with Gasteiger partial charge in [-0.05, 0) is 25.5 Å². The molecule has 0 unspecified atom stereocenters. The summed E-state index contributed by atoms with van der Waals surface area (Å²) in [5.74, 6) is 0.228. The number of hydrogen-bond acceptors (Lipinski definition) is 3. The molecule has 0 aliphatic heterocycles. The van der Waals surface area contributed by atoms with Gasteiger partial charge in [0.15, 0.2) is 0 Å². The van der Waals surface area contributed by atoms with Crippen molar-refractivity contribution in [3.05, 3.63) is 29.3 Å². The standard InChI is InChI=1S/C11H14O3/c1-4-14-9-7-5-6-8(2)10(9)11(12)13-3/h5-7H,4H2,1-3H3. The lowest BCUT2D eigenvalue weighted by Gasteiger charge is -2.10. The fourth-order valence-electron chi connectivity index (χ4n) is 1.28. The molecule has 0 N–H and O–H groups in total. The zero-order valence-corrected chi connectivity index (χ0v) is 8.66. The van der Waals surface area contributed by atoms with E-state index in [1.165, 1.54) is 7.11 Å². The van der Waals surface area contributed by atoms with Crippen LogP contribution in [0.1, 0.15) is 22.8 Å². The van der Waals surface area contributed by atoms with Crippen LogP contribution in [0.15, 0.2) is 18.2 Å². The number of esters is 1. The Morgan fingerprint density at radius 1 is 1.43 bits per heavy atom. The molecule has 0 aliphatic rings. The van der Waals surface area contributed by atoms with Crippen LogP contribution in [0.5, 0.6) is 5.75 Å². The van der Waals surface area contributed by atoms with E-state index in [2.05, 4.69) is 4.74 Å². The number of carbonyl (C=O) groups excluding carboxylic acids is 1. The molecule has 0 atom stereocenters. The number of rotatable bonds is 3. The highest BCUT2D eigenvalue weighted by Gasteiger charge is 2.14. The van der Waals surface area contributed by atoms with Crippen molar-refractivity contribution in [3.8, 4) is 5.75 Å². The maximum absolute atomic E-state index is 11.4. The van der Waals surface area contributed by atoms with Crippen molar-refractivity contribution in [1.29, 1.82) is 0 Å². The van der Waals surface area contributed by atoms with Crippen LogP contribution < -0.4 is 4.74 Å². The van der Waals surface area contributed by atoms with Gasteiger partial charge in [0, 0.05) is 0 Å². The summed E-state index contributed by atoms with van der Waals surface area (Å²) in [5, 5.41) is 0. The average molecular weight is 194 g/mol. The Labute approximate surface area is 83.6 Å². The summed E-state index contributed by atoms with van der Waals surface area (Å²) in [6.45, 7) is 4.27. The second kappa shape index (κ2) is 4.65. The summed E-state index contributed by atoms with van der Waals surface area (Å²) in [4.78, 5) is 11.4. The van der Waals surface area contributed by atoms with E-state index >= 15 is 0 Å². The van der Waals surface area contributed by atoms with Gasteiger partial charge in [0.2, 0.25) is 0 Å². The molecule has 0 spiro atoms. The van der Waals surface area contributed by atoms with Gasteiger partial charge in [0.05, 0.1) is 13.7 Å². The fourth-order valence-corrected chi connectivity index (χ4v) is 1.28. The first kappa shape index (κ1) is 10.6. The summed E-state index contributed by atoms with van der Waals surface area (Å²) >= 11 is 0. The van der Waals surface area contributed by atoms with E-state index in [-0.39, 0.29) is 5.97 Å². The van der Waals surface area contributed by atoms with Crippen LogP contribution in [0.4, 0.5) is 0 Å². The van der Waals surface area contributed by atoms with Gasteiger partial charge in [0.25, 0.3) is 0 Å². The maximum atomic E-state index is 11.4. The number of benzene rings is 1. The highest BCUT2D eigenvalue weighted by molar-refractivity contribution is 5.94. The molecular formula is C11H14O3. The Morgan fingerprint density at radius 2 is 2.14 bits per heavy atom. The van der Waals surface area contributed by atoms with Crippen molar-refractivity contribution in [2.24, 2.45) is 0 Å². The van der Waals surface area contributed by atoms with Crippen molar-refractivity contribution in [1.82, 2.24) is 0 Å². The van der Waals surface area contributed by atoms with E-state index in [1.807, 2.05) is 26.0 Å². The third-order valence-corrected chi connectivity index (χ3v) is 1.92. The van der Waals surface area contributed by atoms with E-state index in [9.17, 15) is 4.79 Å². The number of aryl methyl sites for hydroxylation is 1. The lowest BCUT2D eigenvalue weighted by Crippen LogP contribution is -2.07. The summed E-state index contributed by atoms with van der Waals surface area (Å²) < 4.78 is 10.0. The van der Waals surface area contributed by atoms with Crippen LogP contribution in [-0.2, 0) is 4.74 Å². The van der Waals surface area contributed by atoms with Crippen LogP contribution in [-0.4, -0.2) is 19.7 Å². The van der Waals surface area contributed by atoms with Gasteiger partial charge in [0.1, 0.15) is 11.3 Å². The second-order valence-corrected chi connectivity index (χ2v) is 2.87. The molecule has 0 aliphatic carbocycles. The SMILES string of the molecule is CCOc1cccc(C)c1C(=O)OC. The summed E-state index contributed by atoms with van der Waals surface area (Å²) in [6, 6.07) is 5.48. The Hall–Kier alpha value is -1.51. The highest BCUT2D eigenvalue weighted by Crippen LogP contribution is 2.22. The van der Waals surface area contributed by atoms with E-state index in [0.29, 0.717) is 17.9 Å². The van der Waals surface area contributed by atoms with Gasteiger partial charge < -0.3 is 9.47 Å². The van der Waals surface area contributed by atoms with Gasteiger partial charge in [-0.25, -0.2) is 4.79 Å². The second-order valence-electron chi connectivity index (χ2n) is 2.87. The molecule has 14 heavy (non-hydrogen) atoms. The van der Waals surface area contributed by atoms with E-state index in [4.69, 9.17) is 4.74 Å². The maximum Gasteiger partial charge on any atom is 0.341 e. The zero-order chi connectivity index (χ0) is 10.6. The zero-order valence-electron chi connectivity index (χ0n) is 8.66. The molecule has 1 aromatic carbocycles. The first-order valence-electron chi connectivity index (χ1n) is 4.51. The quantitative estimate of drug-likeness (QED) is 0.692. The van der Waals surface area contributed by atoms with Gasteiger partial charge >= 0.3 is 5.97 Å². The number of ether oxygens (including phenoxy) is 2. The van der Waals surface area contributed by atoms with Gasteiger partial charge in [-0.2, -0.15) is 0 Å². The molecule has 1 rings (SSSR count). The molecule has 0 saturated carbocycles. The monoisotopic (exact) mass is 194 g/mol. The lowest BCUT2D eigenvalue weighted by molar-refractivity contribution is 0.0595. The van der Waals surface area contributed by atoms with E-state index in [0.717, 1.165) is 5.56 Å². The minimum atomic E-state index is -0.355. The molecule has 0 fully saturated rings. The van der Waals surface area contributed by atoms with Crippen molar-refractivity contribution in [2.45, 2.75) is 13.8 Å². The predicted molar refractivity (Wildman–Crippen MR) is 53.7 cm³/mol. The largest absolute Gasteiger partial charge is 0.493 e. The molecule has 0 saturated heterocycles. The molecule has 3 nitrogen and oxygen atoms in total. The summed E-state index contributed by atoms with van der Waals surface area (Å²) in [7, 11) is 1.37. The van der Waals surface area contributed by atoms with Crippen LogP contribution in [0.25, 0.3) is 0 Å². The molecule has 76 valence electrons. The smallest absolute Gasteiger partial charge is 0.341 e. The molecule has 0 amide bonds. The average Bonchev–Trinajstić information content (AvgIpc) is 2.18. The molecule has 0 heterocycles. The van der Waals surface area contributed by atoms with Crippen LogP contribution in [0, 0.1) is 6.92 Å². The third kappa shape index (κ3) is 2.05. The van der Waals surface area contributed by atoms with Gasteiger partial charge in [-0.3, -0.25) is 0 Å². The van der Waals surface area contributed by atoms with Gasteiger partial charge in [-0.1, -0.05) is 12.1 Å². The Bertz CT molecular complexity index is 331. The van der Waals surface area contributed by atoms with Crippen molar-refractivity contribution < 1.29 is 14.3 Å². The Kier molecular flexibility index (Phi) is 3.51. The normalized spacial score (nSPS) is 9.64. The minimum absolute atomic E-state index is 0.355. The summed E-state index contributed by atoms with van der Waals surface area (Å²) in [6.07, 6.45) is 0. The number of methoxy groups -OCH3 is 1. The Balaban J connectivity index is 3.15. The molecule has 3 heteroatoms. The van der Waals surface area contributed by atoms with Crippen molar-refractivity contribution in [2.75, 3.05) is 13.7 Å². The molecule has 1 aromatic rings. The first-order chi connectivity index (χ1) is 6.70. The van der Waals surface area contributed by atoms with Crippen molar-refractivity contribution >= 4 is 5.97 Å². The van der Waals surface area contributed by atoms with Crippen LogP contribution in [0.2, 0.25) is 0 Å². The molecular weight excluding hydrogens is 180 g/mol. The van der Waals surface area contributed by atoms with E-state index in [1.54, 1.807) is 6.07 Å². The topological polar surface area (TPSA) is 35.5 Å². The highest BCUT2D eigenvalue weighted by atomic mass is 16.5. The molecule has 0 radical (unpaired) electrons. The first-order valence-corrected chi connectivity index (χ1v) is 4.51. The molecule has 0 bridgehead atoms. The van der Waals surface area contributed by atoms with E-state index < -0.39 is 0 Å². The van der Waals surface area contributed by atoms with Crippen molar-refractivity contribution in [3.63, 3.8) is 0 Å². The number of carbonyl (C=O) groups is 1. The van der Waals surface area contributed by atoms with Gasteiger partial charge in [-0.15, -0.1) is 0 Å². The fraction of sp³-hybridized carbons (Fsp3) is 0.364. The number of hydrogen-bond donors (Lipinski definition) is 0. The predicted octanol–water partition coefficient (Wildman–Crippen LogP) is 2.18.